The molecule has 114 valence electrons. The van der Waals surface area contributed by atoms with Gasteiger partial charge in [0, 0.05) is 30.5 Å². The van der Waals surface area contributed by atoms with Gasteiger partial charge in [0.25, 0.3) is 11.6 Å². The fourth-order valence-corrected chi connectivity index (χ4v) is 3.20. The van der Waals surface area contributed by atoms with Crippen LogP contribution in [0.25, 0.3) is 0 Å². The zero-order chi connectivity index (χ0) is 15.2. The third-order valence-electron chi connectivity index (χ3n) is 3.42. The monoisotopic (exact) mass is 310 g/mol. The van der Waals surface area contributed by atoms with Crippen molar-refractivity contribution in [2.45, 2.75) is 19.4 Å². The van der Waals surface area contributed by atoms with Gasteiger partial charge in [-0.05, 0) is 31.2 Å². The predicted octanol–water partition coefficient (Wildman–Crippen LogP) is 2.33. The molecule has 1 aromatic rings. The lowest BCUT2D eigenvalue weighted by Crippen LogP contribution is -2.41. The lowest BCUT2D eigenvalue weighted by atomic mass is 10.2. The van der Waals surface area contributed by atoms with Gasteiger partial charge < -0.3 is 9.64 Å². The fraction of sp³-hybridized carbons (Fsp3) is 0.500. The van der Waals surface area contributed by atoms with E-state index < -0.39 is 4.92 Å². The smallest absolute Gasteiger partial charge is 0.269 e. The Morgan fingerprint density at radius 2 is 2.14 bits per heavy atom. The molecular weight excluding hydrogens is 292 g/mol. The normalized spacial score (nSPS) is 18.9. The second kappa shape index (κ2) is 7.31. The Kier molecular flexibility index (Phi) is 5.44. The minimum Gasteiger partial charge on any atom is -0.484 e. The summed E-state index contributed by atoms with van der Waals surface area (Å²) in [5, 5.41) is 10.6. The molecule has 1 aromatic carbocycles. The van der Waals surface area contributed by atoms with Gasteiger partial charge in [-0.3, -0.25) is 14.9 Å². The minimum absolute atomic E-state index is 0.00633. The van der Waals surface area contributed by atoms with E-state index in [2.05, 4.69) is 6.92 Å². The molecule has 21 heavy (non-hydrogen) atoms. The number of nitro groups is 1. The number of nitro benzene ring substituents is 1. The molecule has 1 amide bonds. The molecule has 0 bridgehead atoms. The van der Waals surface area contributed by atoms with Gasteiger partial charge in [0.2, 0.25) is 0 Å². The van der Waals surface area contributed by atoms with E-state index in [-0.39, 0.29) is 24.2 Å². The van der Waals surface area contributed by atoms with Crippen LogP contribution in [0.5, 0.6) is 5.75 Å². The first-order valence-electron chi connectivity index (χ1n) is 6.82. The summed E-state index contributed by atoms with van der Waals surface area (Å²) in [6.45, 7) is 2.76. The van der Waals surface area contributed by atoms with Crippen molar-refractivity contribution in [3.05, 3.63) is 34.4 Å². The molecular formula is C14H18N2O4S. The van der Waals surface area contributed by atoms with Gasteiger partial charge in [-0.2, -0.15) is 11.8 Å². The molecule has 1 fully saturated rings. The van der Waals surface area contributed by atoms with E-state index in [9.17, 15) is 14.9 Å². The molecule has 7 heteroatoms. The van der Waals surface area contributed by atoms with E-state index in [1.54, 1.807) is 0 Å². The maximum Gasteiger partial charge on any atom is 0.269 e. The highest BCUT2D eigenvalue weighted by atomic mass is 32.2. The predicted molar refractivity (Wildman–Crippen MR) is 81.7 cm³/mol. The molecule has 1 aliphatic rings. The summed E-state index contributed by atoms with van der Waals surface area (Å²) < 4.78 is 5.42. The van der Waals surface area contributed by atoms with Gasteiger partial charge in [-0.1, -0.05) is 0 Å². The number of hydrogen-bond acceptors (Lipinski definition) is 5. The summed E-state index contributed by atoms with van der Waals surface area (Å²) in [7, 11) is 0. The molecule has 2 rings (SSSR count). The van der Waals surface area contributed by atoms with Crippen molar-refractivity contribution < 1.29 is 14.5 Å². The van der Waals surface area contributed by atoms with Crippen LogP contribution >= 0.6 is 11.8 Å². The van der Waals surface area contributed by atoms with Crippen LogP contribution in [0.1, 0.15) is 13.3 Å². The van der Waals surface area contributed by atoms with Crippen molar-refractivity contribution in [2.75, 3.05) is 24.7 Å². The van der Waals surface area contributed by atoms with Gasteiger partial charge >= 0.3 is 0 Å². The lowest BCUT2D eigenvalue weighted by Gasteiger charge is -2.26. The number of hydrogen-bond donors (Lipinski definition) is 0. The van der Waals surface area contributed by atoms with Crippen LogP contribution in [0.2, 0.25) is 0 Å². The first-order valence-corrected chi connectivity index (χ1v) is 7.98. The lowest BCUT2D eigenvalue weighted by molar-refractivity contribution is -0.384. The molecule has 1 saturated heterocycles. The molecule has 1 atom stereocenters. The molecule has 0 aliphatic carbocycles. The number of nitrogens with zero attached hydrogens (tertiary/aromatic N) is 2. The molecule has 0 saturated carbocycles. The molecule has 0 radical (unpaired) electrons. The molecule has 6 nitrogen and oxygen atoms in total. The summed E-state index contributed by atoms with van der Waals surface area (Å²) in [6, 6.07) is 5.98. The number of carbonyl (C=O) groups is 1. The molecule has 0 spiro atoms. The third-order valence-corrected chi connectivity index (χ3v) is 4.41. The SMILES string of the molecule is C[C@@H]1CCSCCN1C(=O)COc1ccc([N+](=O)[O-])cc1. The Labute approximate surface area is 127 Å². The summed E-state index contributed by atoms with van der Waals surface area (Å²) in [6.07, 6.45) is 0.994. The quantitative estimate of drug-likeness (QED) is 0.630. The standard InChI is InChI=1S/C14H18N2O4S/c1-11-6-8-21-9-7-15(11)14(17)10-20-13-4-2-12(3-5-13)16(18)19/h2-5,11H,6-10H2,1H3/t11-/m1/s1. The minimum atomic E-state index is -0.467. The number of amides is 1. The van der Waals surface area contributed by atoms with E-state index >= 15 is 0 Å². The largest absolute Gasteiger partial charge is 0.484 e. The Bertz CT molecular complexity index is 506. The Balaban J connectivity index is 1.89. The van der Waals surface area contributed by atoms with Crippen LogP contribution in [-0.4, -0.2) is 46.4 Å². The van der Waals surface area contributed by atoms with Crippen LogP contribution in [-0.2, 0) is 4.79 Å². The Hall–Kier alpha value is -1.76. The van der Waals surface area contributed by atoms with E-state index in [0.29, 0.717) is 5.75 Å². The van der Waals surface area contributed by atoms with Gasteiger partial charge in [-0.25, -0.2) is 0 Å². The Morgan fingerprint density at radius 3 is 2.81 bits per heavy atom. The van der Waals surface area contributed by atoms with Crippen molar-refractivity contribution in [3.63, 3.8) is 0 Å². The molecule has 0 N–H and O–H groups in total. The Morgan fingerprint density at radius 1 is 1.43 bits per heavy atom. The first-order chi connectivity index (χ1) is 10.1. The van der Waals surface area contributed by atoms with E-state index in [0.717, 1.165) is 24.5 Å². The van der Waals surface area contributed by atoms with Crippen LogP contribution in [0.4, 0.5) is 5.69 Å². The maximum absolute atomic E-state index is 12.2. The van der Waals surface area contributed by atoms with Crippen molar-refractivity contribution in [2.24, 2.45) is 0 Å². The van der Waals surface area contributed by atoms with Crippen LogP contribution < -0.4 is 4.74 Å². The summed E-state index contributed by atoms with van der Waals surface area (Å²) >= 11 is 1.86. The fourth-order valence-electron chi connectivity index (χ4n) is 2.16. The average molecular weight is 310 g/mol. The van der Waals surface area contributed by atoms with Crippen LogP contribution in [0.15, 0.2) is 24.3 Å². The number of carbonyl (C=O) groups excluding carboxylic acids is 1. The number of non-ortho nitro benzene ring substituents is 1. The zero-order valence-electron chi connectivity index (χ0n) is 11.9. The van der Waals surface area contributed by atoms with Crippen molar-refractivity contribution in [1.82, 2.24) is 4.90 Å². The van der Waals surface area contributed by atoms with E-state index in [4.69, 9.17) is 4.74 Å². The van der Waals surface area contributed by atoms with E-state index in [1.165, 1.54) is 24.3 Å². The zero-order valence-corrected chi connectivity index (χ0v) is 12.7. The number of thioether (sulfide) groups is 1. The van der Waals surface area contributed by atoms with Crippen LogP contribution in [0, 0.1) is 10.1 Å². The number of benzene rings is 1. The van der Waals surface area contributed by atoms with Crippen LogP contribution in [0.3, 0.4) is 0 Å². The topological polar surface area (TPSA) is 72.7 Å². The highest BCUT2D eigenvalue weighted by molar-refractivity contribution is 7.99. The summed E-state index contributed by atoms with van der Waals surface area (Å²) in [5.74, 6) is 2.45. The van der Waals surface area contributed by atoms with E-state index in [1.807, 2.05) is 16.7 Å². The molecule has 1 heterocycles. The number of ether oxygens (including phenoxy) is 1. The summed E-state index contributed by atoms with van der Waals surface area (Å²) in [4.78, 5) is 24.1. The van der Waals surface area contributed by atoms with Crippen molar-refractivity contribution in [1.29, 1.82) is 0 Å². The first kappa shape index (κ1) is 15.6. The van der Waals surface area contributed by atoms with Gasteiger partial charge in [0.15, 0.2) is 6.61 Å². The molecule has 1 aliphatic heterocycles. The van der Waals surface area contributed by atoms with Crippen molar-refractivity contribution in [3.8, 4) is 5.75 Å². The highest BCUT2D eigenvalue weighted by Gasteiger charge is 2.22. The molecule has 0 unspecified atom stereocenters. The second-order valence-corrected chi connectivity index (χ2v) is 6.10. The summed E-state index contributed by atoms with van der Waals surface area (Å²) in [5.41, 5.74) is 0.00633. The van der Waals surface area contributed by atoms with Gasteiger partial charge in [0.05, 0.1) is 4.92 Å². The number of rotatable bonds is 4. The second-order valence-electron chi connectivity index (χ2n) is 4.88. The maximum atomic E-state index is 12.2. The molecule has 0 aromatic heterocycles. The van der Waals surface area contributed by atoms with Gasteiger partial charge in [-0.15, -0.1) is 0 Å². The average Bonchev–Trinajstić information content (AvgIpc) is 2.70. The van der Waals surface area contributed by atoms with Gasteiger partial charge in [0.1, 0.15) is 5.75 Å². The highest BCUT2D eigenvalue weighted by Crippen LogP contribution is 2.19. The van der Waals surface area contributed by atoms with Crippen molar-refractivity contribution >= 4 is 23.4 Å². The third kappa shape index (κ3) is 4.35.